The number of ether oxygens (including phenoxy) is 1. The van der Waals surface area contributed by atoms with Gasteiger partial charge in [0.05, 0.1) is 0 Å². The maximum Gasteiger partial charge on any atom is 0.193 e. The first-order valence-corrected chi connectivity index (χ1v) is 9.42. The van der Waals surface area contributed by atoms with E-state index in [0.29, 0.717) is 6.54 Å². The van der Waals surface area contributed by atoms with Crippen LogP contribution in [-0.4, -0.2) is 44.7 Å². The van der Waals surface area contributed by atoms with Gasteiger partial charge in [-0.25, -0.2) is 4.39 Å². The van der Waals surface area contributed by atoms with Crippen LogP contribution in [0.3, 0.4) is 0 Å². The van der Waals surface area contributed by atoms with Crippen molar-refractivity contribution in [3.63, 3.8) is 0 Å². The van der Waals surface area contributed by atoms with Crippen molar-refractivity contribution >= 4 is 29.9 Å². The summed E-state index contributed by atoms with van der Waals surface area (Å²) in [6.07, 6.45) is 1.98. The molecule has 1 heterocycles. The van der Waals surface area contributed by atoms with E-state index in [-0.39, 0.29) is 35.2 Å². The Labute approximate surface area is 184 Å². The van der Waals surface area contributed by atoms with Crippen molar-refractivity contribution in [2.24, 2.45) is 4.99 Å². The van der Waals surface area contributed by atoms with Gasteiger partial charge < -0.3 is 15.0 Å². The maximum atomic E-state index is 13.1. The minimum absolute atomic E-state index is 0. The monoisotopic (exact) mass is 497 g/mol. The van der Waals surface area contributed by atoms with Crippen LogP contribution >= 0.6 is 24.0 Å². The minimum Gasteiger partial charge on any atom is -0.381 e. The van der Waals surface area contributed by atoms with Crippen molar-refractivity contribution in [3.8, 4) is 0 Å². The van der Waals surface area contributed by atoms with E-state index in [1.165, 1.54) is 17.7 Å². The number of halogens is 2. The van der Waals surface area contributed by atoms with Crippen LogP contribution in [-0.2, 0) is 16.7 Å². The van der Waals surface area contributed by atoms with E-state index in [2.05, 4.69) is 45.5 Å². The number of benzene rings is 2. The molecule has 0 unspecified atom stereocenters. The second-order valence-electron chi connectivity index (χ2n) is 7.14. The molecule has 2 aromatic rings. The molecule has 28 heavy (non-hydrogen) atoms. The number of guanidine groups is 1. The third kappa shape index (κ3) is 5.67. The Hall–Kier alpha value is -1.67. The predicted octanol–water partition coefficient (Wildman–Crippen LogP) is 4.20. The zero-order valence-corrected chi connectivity index (χ0v) is 18.9. The van der Waals surface area contributed by atoms with Gasteiger partial charge in [-0.05, 0) is 36.1 Å². The first kappa shape index (κ1) is 22.6. The molecule has 1 N–H and O–H groups in total. The van der Waals surface area contributed by atoms with Crippen molar-refractivity contribution in [2.75, 3.05) is 33.9 Å². The van der Waals surface area contributed by atoms with Crippen molar-refractivity contribution in [1.29, 1.82) is 0 Å². The summed E-state index contributed by atoms with van der Waals surface area (Å²) in [6.45, 7) is 3.03. The molecular weight excluding hydrogens is 468 g/mol. The SMILES string of the molecule is CN=C(NCC1(c2ccccc2)CCOCC1)N(C)Cc1ccc(F)cc1.I. The Kier molecular flexibility index (Phi) is 8.69. The Bertz CT molecular complexity index is 746. The van der Waals surface area contributed by atoms with E-state index in [9.17, 15) is 4.39 Å². The topological polar surface area (TPSA) is 36.9 Å². The summed E-state index contributed by atoms with van der Waals surface area (Å²) in [5.41, 5.74) is 2.44. The van der Waals surface area contributed by atoms with Crippen LogP contribution in [0.1, 0.15) is 24.0 Å². The van der Waals surface area contributed by atoms with Crippen LogP contribution in [0.15, 0.2) is 59.6 Å². The van der Waals surface area contributed by atoms with Crippen LogP contribution < -0.4 is 5.32 Å². The van der Waals surface area contributed by atoms with E-state index in [1.807, 2.05) is 19.2 Å². The Morgan fingerprint density at radius 3 is 2.36 bits per heavy atom. The van der Waals surface area contributed by atoms with Gasteiger partial charge in [0.15, 0.2) is 5.96 Å². The molecule has 152 valence electrons. The first-order chi connectivity index (χ1) is 13.1. The summed E-state index contributed by atoms with van der Waals surface area (Å²) in [7, 11) is 3.79. The van der Waals surface area contributed by atoms with Gasteiger partial charge in [-0.2, -0.15) is 0 Å². The molecule has 0 radical (unpaired) electrons. The van der Waals surface area contributed by atoms with Crippen molar-refractivity contribution < 1.29 is 9.13 Å². The van der Waals surface area contributed by atoms with E-state index >= 15 is 0 Å². The molecule has 2 aromatic carbocycles. The fourth-order valence-corrected chi connectivity index (χ4v) is 3.69. The van der Waals surface area contributed by atoms with Gasteiger partial charge in [-0.15, -0.1) is 24.0 Å². The zero-order valence-electron chi connectivity index (χ0n) is 16.5. The molecular formula is C22H29FIN3O. The lowest BCUT2D eigenvalue weighted by Crippen LogP contribution is -2.48. The first-order valence-electron chi connectivity index (χ1n) is 9.42. The van der Waals surface area contributed by atoms with Gasteiger partial charge in [-0.1, -0.05) is 42.5 Å². The van der Waals surface area contributed by atoms with Crippen LogP contribution in [0.2, 0.25) is 0 Å². The van der Waals surface area contributed by atoms with Crippen LogP contribution in [0, 0.1) is 5.82 Å². The molecule has 1 saturated heterocycles. The van der Waals surface area contributed by atoms with Crippen LogP contribution in [0.25, 0.3) is 0 Å². The van der Waals surface area contributed by atoms with Crippen LogP contribution in [0.4, 0.5) is 4.39 Å². The molecule has 1 aliphatic heterocycles. The van der Waals surface area contributed by atoms with Crippen molar-refractivity contribution in [2.45, 2.75) is 24.8 Å². The summed E-state index contributed by atoms with van der Waals surface area (Å²) in [5.74, 6) is 0.620. The highest BCUT2D eigenvalue weighted by molar-refractivity contribution is 14.0. The molecule has 0 spiro atoms. The second kappa shape index (κ2) is 10.8. The maximum absolute atomic E-state index is 13.1. The smallest absolute Gasteiger partial charge is 0.193 e. The molecule has 0 atom stereocenters. The van der Waals surface area contributed by atoms with E-state index in [0.717, 1.165) is 44.1 Å². The molecule has 0 amide bonds. The summed E-state index contributed by atoms with van der Waals surface area (Å²) < 4.78 is 18.7. The van der Waals surface area contributed by atoms with Gasteiger partial charge in [0.25, 0.3) is 0 Å². The molecule has 0 aliphatic carbocycles. The molecule has 1 fully saturated rings. The van der Waals surface area contributed by atoms with Gasteiger partial charge in [-0.3, -0.25) is 4.99 Å². The number of hydrogen-bond acceptors (Lipinski definition) is 2. The number of hydrogen-bond donors (Lipinski definition) is 1. The summed E-state index contributed by atoms with van der Waals surface area (Å²) in [5, 5.41) is 3.56. The standard InChI is InChI=1S/C22H28FN3O.HI/c1-24-21(26(2)16-18-8-10-20(23)11-9-18)25-17-22(12-14-27-15-13-22)19-6-4-3-5-7-19;/h3-11H,12-17H2,1-2H3,(H,24,25);1H. The number of nitrogens with one attached hydrogen (secondary N) is 1. The zero-order chi connectivity index (χ0) is 19.1. The summed E-state index contributed by atoms with van der Waals surface area (Å²) >= 11 is 0. The number of nitrogens with zero attached hydrogens (tertiary/aromatic N) is 2. The third-order valence-electron chi connectivity index (χ3n) is 5.33. The van der Waals surface area contributed by atoms with Crippen LogP contribution in [0.5, 0.6) is 0 Å². The van der Waals surface area contributed by atoms with Gasteiger partial charge >= 0.3 is 0 Å². The molecule has 0 saturated carbocycles. The van der Waals surface area contributed by atoms with E-state index in [1.54, 1.807) is 7.05 Å². The molecule has 3 rings (SSSR count). The molecule has 4 nitrogen and oxygen atoms in total. The number of aliphatic imine (C=N–C) groups is 1. The van der Waals surface area contributed by atoms with Gasteiger partial charge in [0, 0.05) is 45.8 Å². The summed E-state index contributed by atoms with van der Waals surface area (Å²) in [6, 6.07) is 17.3. The number of rotatable bonds is 5. The molecule has 6 heteroatoms. The highest BCUT2D eigenvalue weighted by Crippen LogP contribution is 2.34. The third-order valence-corrected chi connectivity index (χ3v) is 5.33. The van der Waals surface area contributed by atoms with Crippen molar-refractivity contribution in [3.05, 3.63) is 71.5 Å². The lowest BCUT2D eigenvalue weighted by Gasteiger charge is -2.39. The molecule has 0 bridgehead atoms. The highest BCUT2D eigenvalue weighted by atomic mass is 127. The average Bonchev–Trinajstić information content (AvgIpc) is 2.71. The Morgan fingerprint density at radius 2 is 1.75 bits per heavy atom. The average molecular weight is 497 g/mol. The summed E-state index contributed by atoms with van der Waals surface area (Å²) in [4.78, 5) is 6.50. The second-order valence-corrected chi connectivity index (χ2v) is 7.14. The molecule has 1 aliphatic rings. The molecule has 0 aromatic heterocycles. The van der Waals surface area contributed by atoms with E-state index in [4.69, 9.17) is 4.74 Å². The fourth-order valence-electron chi connectivity index (χ4n) is 3.69. The normalized spacial score (nSPS) is 16.2. The van der Waals surface area contributed by atoms with Gasteiger partial charge in [0.1, 0.15) is 5.82 Å². The predicted molar refractivity (Wildman–Crippen MR) is 123 cm³/mol. The fraction of sp³-hybridized carbons (Fsp3) is 0.409. The van der Waals surface area contributed by atoms with Gasteiger partial charge in [0.2, 0.25) is 0 Å². The lowest BCUT2D eigenvalue weighted by molar-refractivity contribution is 0.0512. The largest absolute Gasteiger partial charge is 0.381 e. The highest BCUT2D eigenvalue weighted by Gasteiger charge is 2.34. The Morgan fingerprint density at radius 1 is 1.11 bits per heavy atom. The lowest BCUT2D eigenvalue weighted by atomic mass is 9.74. The van der Waals surface area contributed by atoms with E-state index < -0.39 is 0 Å². The quantitative estimate of drug-likeness (QED) is 0.383. The Balaban J connectivity index is 0.00000280. The van der Waals surface area contributed by atoms with Crippen molar-refractivity contribution in [1.82, 2.24) is 10.2 Å². The minimum atomic E-state index is -0.215.